The van der Waals surface area contributed by atoms with Crippen LogP contribution in [-0.2, 0) is 16.2 Å². The number of hydrogen-bond acceptors (Lipinski definition) is 5. The second-order valence-corrected chi connectivity index (χ2v) is 12.2. The lowest BCUT2D eigenvalue weighted by molar-refractivity contribution is -0.140. The topological polar surface area (TPSA) is 60.7 Å². The molecule has 0 N–H and O–H groups in total. The number of rotatable bonds is 9. The van der Waals surface area contributed by atoms with E-state index >= 15 is 0 Å². The van der Waals surface area contributed by atoms with Gasteiger partial charge in [0.05, 0.1) is 5.71 Å². The number of fused-ring (bicyclic) bond motifs is 3. The van der Waals surface area contributed by atoms with Crippen LogP contribution in [0, 0.1) is 6.92 Å². The Balaban J connectivity index is 1.47. The third-order valence-electron chi connectivity index (χ3n) is 7.86. The fourth-order valence-electron chi connectivity index (χ4n) is 5.63. The normalized spacial score (nSPS) is 14.1. The summed E-state index contributed by atoms with van der Waals surface area (Å²) < 4.78 is 2.27. The van der Waals surface area contributed by atoms with E-state index < -0.39 is 5.97 Å². The lowest BCUT2D eigenvalue weighted by Gasteiger charge is -2.19. The molecular weight excluding hydrogens is 588 g/mol. The average Bonchev–Trinajstić information content (AvgIpc) is 3.32. The summed E-state index contributed by atoms with van der Waals surface area (Å²) in [7, 11) is 0. The van der Waals surface area contributed by atoms with Gasteiger partial charge >= 0.3 is 5.97 Å². The Labute approximate surface area is 265 Å². The molecule has 0 fully saturated rings. The molecule has 1 aliphatic carbocycles. The third-order valence-corrected chi connectivity index (χ3v) is 9.14. The van der Waals surface area contributed by atoms with Crippen LogP contribution in [0.2, 0.25) is 5.02 Å². The molecule has 1 aliphatic rings. The monoisotopic (exact) mass is 618 g/mol. The maximum atomic E-state index is 13.6. The number of aryl methyl sites for hydroxylation is 2. The van der Waals surface area contributed by atoms with E-state index in [2.05, 4.69) is 53.1 Å². The Morgan fingerprint density at radius 3 is 2.20 bits per heavy atom. The summed E-state index contributed by atoms with van der Waals surface area (Å²) in [5, 5.41) is 7.10. The van der Waals surface area contributed by atoms with Crippen LogP contribution in [0.5, 0.6) is 0 Å². The quantitative estimate of drug-likeness (QED) is 0.0543. The first-order valence-corrected chi connectivity index (χ1v) is 15.9. The number of benzene rings is 4. The zero-order chi connectivity index (χ0) is 30.8. The first-order chi connectivity index (χ1) is 21.3. The van der Waals surface area contributed by atoms with Crippen LogP contribution in [0.15, 0.2) is 113 Å². The summed E-state index contributed by atoms with van der Waals surface area (Å²) in [6, 6.07) is 27.8. The number of allylic oxidation sites excluding steroid dienone is 4. The molecule has 6 rings (SSSR count). The minimum Gasteiger partial charge on any atom is -0.341 e. The Kier molecular flexibility index (Phi) is 8.56. The number of hydrogen-bond donors (Lipinski definition) is 0. The number of ketones is 1. The first-order valence-electron chi connectivity index (χ1n) is 14.5. The lowest BCUT2D eigenvalue weighted by atomic mass is 9.88. The fraction of sp³-hybridized carbons (Fsp3) is 0.162. The molecule has 44 heavy (non-hydrogen) atoms. The summed E-state index contributed by atoms with van der Waals surface area (Å²) in [6.45, 7) is 6.23. The minimum absolute atomic E-state index is 0.0102. The van der Waals surface area contributed by atoms with Gasteiger partial charge in [-0.05, 0) is 91.6 Å². The van der Waals surface area contributed by atoms with Gasteiger partial charge in [-0.1, -0.05) is 59.2 Å². The van der Waals surface area contributed by atoms with Gasteiger partial charge < -0.3 is 9.40 Å². The molecule has 4 aromatic carbocycles. The van der Waals surface area contributed by atoms with Crippen molar-refractivity contribution in [1.82, 2.24) is 4.57 Å². The van der Waals surface area contributed by atoms with Crippen molar-refractivity contribution in [3.05, 3.63) is 130 Å². The van der Waals surface area contributed by atoms with Gasteiger partial charge in [-0.2, -0.15) is 0 Å². The number of carbonyl (C=O) groups excluding carboxylic acids is 2. The highest BCUT2D eigenvalue weighted by Crippen LogP contribution is 2.36. The first kappa shape index (κ1) is 29.7. The van der Waals surface area contributed by atoms with Crippen LogP contribution in [0.4, 0.5) is 0 Å². The van der Waals surface area contributed by atoms with Gasteiger partial charge in [-0.3, -0.25) is 4.79 Å². The highest BCUT2D eigenvalue weighted by molar-refractivity contribution is 8.00. The molecule has 1 aromatic heterocycles. The van der Waals surface area contributed by atoms with Crippen LogP contribution < -0.4 is 0 Å². The highest BCUT2D eigenvalue weighted by Gasteiger charge is 2.21. The summed E-state index contributed by atoms with van der Waals surface area (Å²) in [5.74, 6) is 0.0293. The van der Waals surface area contributed by atoms with Crippen molar-refractivity contribution in [3.8, 4) is 0 Å². The molecule has 0 spiro atoms. The van der Waals surface area contributed by atoms with Crippen molar-refractivity contribution in [2.24, 2.45) is 5.16 Å². The molecule has 0 bridgehead atoms. The fourth-order valence-corrected chi connectivity index (χ4v) is 6.58. The van der Waals surface area contributed by atoms with Crippen molar-refractivity contribution in [1.29, 1.82) is 0 Å². The predicted octanol–water partition coefficient (Wildman–Crippen LogP) is 9.43. The molecule has 0 unspecified atom stereocenters. The smallest absolute Gasteiger partial charge is 0.331 e. The number of nitrogens with zero attached hydrogens (tertiary/aromatic N) is 2. The standard InChI is InChI=1S/C37H31ClN2O3S/c1-4-40-34-18-12-26(20-31(34)32-21-27(13-19-35(32)40)37(42)30-11-6-5-8-23(30)2)36(25-9-7-10-25)33(39-43-24(3)41)22-44-29-16-14-28(38)15-17-29/h5-9,11-21H,4,10,22H2,1-3H3/b36-25+,39-33+. The molecule has 5 aromatic rings. The van der Waals surface area contributed by atoms with E-state index in [4.69, 9.17) is 16.4 Å². The van der Waals surface area contributed by atoms with Crippen molar-refractivity contribution < 1.29 is 14.4 Å². The molecule has 0 saturated carbocycles. The van der Waals surface area contributed by atoms with Crippen molar-refractivity contribution >= 4 is 68.2 Å². The summed E-state index contributed by atoms with van der Waals surface area (Å²) in [5.41, 5.74) is 8.21. The number of aromatic nitrogens is 1. The Hall–Kier alpha value is -4.39. The number of oxime groups is 1. The summed E-state index contributed by atoms with van der Waals surface area (Å²) >= 11 is 7.70. The molecule has 0 aliphatic heterocycles. The van der Waals surface area contributed by atoms with E-state index in [-0.39, 0.29) is 5.78 Å². The predicted molar refractivity (Wildman–Crippen MR) is 182 cm³/mol. The van der Waals surface area contributed by atoms with Crippen LogP contribution in [0.1, 0.15) is 47.3 Å². The molecule has 0 amide bonds. The van der Waals surface area contributed by atoms with E-state index in [0.29, 0.717) is 27.6 Å². The second kappa shape index (κ2) is 12.7. The number of carbonyl (C=O) groups is 2. The molecule has 5 nitrogen and oxygen atoms in total. The number of thioether (sulfide) groups is 1. The molecule has 1 heterocycles. The van der Waals surface area contributed by atoms with Crippen LogP contribution in [-0.4, -0.2) is 27.8 Å². The van der Waals surface area contributed by atoms with Gasteiger partial charge in [0.15, 0.2) is 5.78 Å². The average molecular weight is 619 g/mol. The minimum atomic E-state index is -0.472. The largest absolute Gasteiger partial charge is 0.341 e. The van der Waals surface area contributed by atoms with E-state index in [1.165, 1.54) is 6.92 Å². The van der Waals surface area contributed by atoms with Crippen LogP contribution in [0.3, 0.4) is 0 Å². The SMILES string of the molecule is CCn1c2ccc(C(=O)c3ccccc3C)cc2c2cc(C(/C(CSc3ccc(Cl)cc3)=N/OC(C)=O)=C3/C=CC3)ccc21. The van der Waals surface area contributed by atoms with Crippen molar-refractivity contribution in [2.45, 2.75) is 38.6 Å². The van der Waals surface area contributed by atoms with E-state index in [1.807, 2.05) is 67.6 Å². The lowest BCUT2D eigenvalue weighted by Crippen LogP contribution is -2.12. The zero-order valence-electron chi connectivity index (χ0n) is 24.8. The maximum absolute atomic E-state index is 13.6. The van der Waals surface area contributed by atoms with Crippen LogP contribution in [0.25, 0.3) is 27.4 Å². The van der Waals surface area contributed by atoms with Gasteiger partial charge in [0.25, 0.3) is 0 Å². The van der Waals surface area contributed by atoms with E-state index in [1.54, 1.807) is 11.8 Å². The summed E-state index contributed by atoms with van der Waals surface area (Å²) in [6.07, 6.45) is 4.99. The van der Waals surface area contributed by atoms with Gasteiger partial charge in [0.1, 0.15) is 0 Å². The van der Waals surface area contributed by atoms with Gasteiger partial charge in [0.2, 0.25) is 0 Å². The Morgan fingerprint density at radius 1 is 0.932 bits per heavy atom. The van der Waals surface area contributed by atoms with Gasteiger partial charge in [-0.15, -0.1) is 11.8 Å². The zero-order valence-corrected chi connectivity index (χ0v) is 26.3. The van der Waals surface area contributed by atoms with Crippen molar-refractivity contribution in [3.63, 3.8) is 0 Å². The third kappa shape index (κ3) is 5.88. The molecule has 0 saturated heterocycles. The second-order valence-electron chi connectivity index (χ2n) is 10.7. The van der Waals surface area contributed by atoms with Gasteiger partial charge in [-0.25, -0.2) is 4.79 Å². The molecule has 0 atom stereocenters. The van der Waals surface area contributed by atoms with E-state index in [9.17, 15) is 9.59 Å². The number of halogens is 1. The molecule has 7 heteroatoms. The molecule has 220 valence electrons. The molecule has 0 radical (unpaired) electrons. The summed E-state index contributed by atoms with van der Waals surface area (Å²) in [4.78, 5) is 31.7. The van der Waals surface area contributed by atoms with Gasteiger partial charge in [0, 0.05) is 67.6 Å². The van der Waals surface area contributed by atoms with Crippen LogP contribution >= 0.6 is 23.4 Å². The molecular formula is C37H31ClN2O3S. The maximum Gasteiger partial charge on any atom is 0.331 e. The Morgan fingerprint density at radius 2 is 1.59 bits per heavy atom. The van der Waals surface area contributed by atoms with Crippen molar-refractivity contribution in [2.75, 3.05) is 5.75 Å². The highest BCUT2D eigenvalue weighted by atomic mass is 35.5. The van der Waals surface area contributed by atoms with E-state index in [0.717, 1.165) is 61.9 Å². The Bertz CT molecular complexity index is 2020.